The molecule has 0 radical (unpaired) electrons. The summed E-state index contributed by atoms with van der Waals surface area (Å²) in [5.74, 6) is 3.59. The van der Waals surface area contributed by atoms with Crippen LogP contribution in [0.25, 0.3) is 11.0 Å². The molecule has 0 amide bonds. The number of benzene rings is 1. The first-order valence-electron chi connectivity index (χ1n) is 7.65. The Morgan fingerprint density at radius 2 is 2.10 bits per heavy atom. The summed E-state index contributed by atoms with van der Waals surface area (Å²) in [5, 5.41) is 6.09. The molecule has 3 unspecified atom stereocenters. The largest absolute Gasteiger partial charge is 0.459 e. The summed E-state index contributed by atoms with van der Waals surface area (Å²) in [6.07, 6.45) is 0. The molecule has 1 aromatic heterocycles. The monoisotopic (exact) mass is 321 g/mol. The maximum atomic E-state index is 6.15. The van der Waals surface area contributed by atoms with Gasteiger partial charge in [-0.05, 0) is 31.7 Å². The lowest BCUT2D eigenvalue weighted by Gasteiger charge is -2.33. The number of hydrogen-bond acceptors (Lipinski definition) is 4. The molecule has 2 heterocycles. The lowest BCUT2D eigenvalue weighted by atomic mass is 10.1. The summed E-state index contributed by atoms with van der Waals surface area (Å²) in [6.45, 7) is 7.61. The molecule has 4 heteroatoms. The molecule has 3 rings (SSSR count). The van der Waals surface area contributed by atoms with Crippen LogP contribution in [-0.2, 0) is 0 Å². The van der Waals surface area contributed by atoms with Gasteiger partial charge >= 0.3 is 0 Å². The highest BCUT2D eigenvalue weighted by Crippen LogP contribution is 2.40. The van der Waals surface area contributed by atoms with Gasteiger partial charge in [0.25, 0.3) is 0 Å². The average molecular weight is 322 g/mol. The lowest BCUT2D eigenvalue weighted by Crippen LogP contribution is -2.37. The van der Waals surface area contributed by atoms with Gasteiger partial charge in [-0.3, -0.25) is 0 Å². The van der Waals surface area contributed by atoms with E-state index in [1.165, 1.54) is 22.5 Å². The molecule has 0 aliphatic carbocycles. The van der Waals surface area contributed by atoms with E-state index in [4.69, 9.17) is 4.42 Å². The Kier molecular flexibility index (Phi) is 4.87. The number of rotatable bonds is 4. The highest BCUT2D eigenvalue weighted by Gasteiger charge is 2.32. The summed E-state index contributed by atoms with van der Waals surface area (Å²) in [7, 11) is 0. The predicted molar refractivity (Wildman–Crippen MR) is 95.5 cm³/mol. The third-order valence-corrected chi connectivity index (χ3v) is 7.18. The van der Waals surface area contributed by atoms with Crippen molar-refractivity contribution in [2.45, 2.75) is 37.3 Å². The van der Waals surface area contributed by atoms with E-state index in [9.17, 15) is 0 Å². The van der Waals surface area contributed by atoms with Crippen molar-refractivity contribution >= 4 is 34.5 Å². The molecule has 21 heavy (non-hydrogen) atoms. The molecule has 0 spiro atoms. The van der Waals surface area contributed by atoms with Crippen LogP contribution in [-0.4, -0.2) is 28.6 Å². The van der Waals surface area contributed by atoms with Crippen molar-refractivity contribution in [3.05, 3.63) is 35.6 Å². The van der Waals surface area contributed by atoms with E-state index in [2.05, 4.69) is 73.9 Å². The van der Waals surface area contributed by atoms with Crippen LogP contribution in [0, 0.1) is 6.92 Å². The van der Waals surface area contributed by atoms with E-state index in [1.807, 2.05) is 0 Å². The fourth-order valence-corrected chi connectivity index (χ4v) is 5.88. The molecule has 3 atom stereocenters. The lowest BCUT2D eigenvalue weighted by molar-refractivity contribution is 0.424. The van der Waals surface area contributed by atoms with Gasteiger partial charge in [-0.15, -0.1) is 0 Å². The fraction of sp³-hybridized carbons (Fsp3) is 0.529. The van der Waals surface area contributed by atoms with Crippen molar-refractivity contribution in [3.63, 3.8) is 0 Å². The standard InChI is InChI=1S/C17H23NOS2/c1-4-18-16(17-12(3)20-7-8-21-17)15-10-13-9-11(2)5-6-14(13)19-15/h5-6,9-10,12,16-18H,4,7-8H2,1-3H3. The molecule has 1 N–H and O–H groups in total. The van der Waals surface area contributed by atoms with Crippen molar-refractivity contribution < 1.29 is 4.42 Å². The maximum absolute atomic E-state index is 6.15. The van der Waals surface area contributed by atoms with Crippen LogP contribution in [0.5, 0.6) is 0 Å². The van der Waals surface area contributed by atoms with E-state index in [0.29, 0.717) is 16.5 Å². The first-order chi connectivity index (χ1) is 10.2. The van der Waals surface area contributed by atoms with Gasteiger partial charge in [-0.25, -0.2) is 0 Å². The van der Waals surface area contributed by atoms with Gasteiger partial charge in [0, 0.05) is 27.4 Å². The van der Waals surface area contributed by atoms with Gasteiger partial charge in [0.2, 0.25) is 0 Å². The highest BCUT2D eigenvalue weighted by molar-refractivity contribution is 8.07. The zero-order chi connectivity index (χ0) is 14.8. The Morgan fingerprint density at radius 1 is 1.29 bits per heavy atom. The maximum Gasteiger partial charge on any atom is 0.134 e. The van der Waals surface area contributed by atoms with Crippen molar-refractivity contribution in [2.24, 2.45) is 0 Å². The van der Waals surface area contributed by atoms with Gasteiger partial charge in [0.15, 0.2) is 0 Å². The number of thioether (sulfide) groups is 2. The summed E-state index contributed by atoms with van der Waals surface area (Å²) in [6, 6.07) is 8.94. The number of nitrogens with one attached hydrogen (secondary N) is 1. The van der Waals surface area contributed by atoms with Crippen LogP contribution in [0.1, 0.15) is 31.2 Å². The second-order valence-corrected chi connectivity index (χ2v) is 8.41. The molecule has 2 aromatic rings. The Hall–Kier alpha value is -0.580. The molecule has 0 saturated carbocycles. The molecule has 1 aliphatic heterocycles. The van der Waals surface area contributed by atoms with Gasteiger partial charge < -0.3 is 9.73 Å². The molecule has 1 aliphatic rings. The number of hydrogen-bond donors (Lipinski definition) is 1. The second kappa shape index (κ2) is 6.67. The predicted octanol–water partition coefficient (Wildman–Crippen LogP) is 4.63. The van der Waals surface area contributed by atoms with Gasteiger partial charge in [-0.1, -0.05) is 25.5 Å². The van der Waals surface area contributed by atoms with Crippen molar-refractivity contribution in [1.29, 1.82) is 0 Å². The van der Waals surface area contributed by atoms with Crippen LogP contribution in [0.15, 0.2) is 28.7 Å². The topological polar surface area (TPSA) is 25.2 Å². The van der Waals surface area contributed by atoms with E-state index in [1.54, 1.807) is 0 Å². The zero-order valence-corrected chi connectivity index (χ0v) is 14.5. The van der Waals surface area contributed by atoms with Crippen LogP contribution in [0.3, 0.4) is 0 Å². The quantitative estimate of drug-likeness (QED) is 0.887. The third kappa shape index (κ3) is 3.27. The Bertz CT molecular complexity index is 610. The smallest absolute Gasteiger partial charge is 0.134 e. The minimum atomic E-state index is 0.301. The molecule has 0 bridgehead atoms. The first kappa shape index (κ1) is 15.3. The van der Waals surface area contributed by atoms with Crippen LogP contribution >= 0.6 is 23.5 Å². The second-order valence-electron chi connectivity index (χ2n) is 5.64. The van der Waals surface area contributed by atoms with Crippen molar-refractivity contribution in [2.75, 3.05) is 18.1 Å². The van der Waals surface area contributed by atoms with Gasteiger partial charge in [-0.2, -0.15) is 23.5 Å². The van der Waals surface area contributed by atoms with Crippen molar-refractivity contribution in [3.8, 4) is 0 Å². The van der Waals surface area contributed by atoms with Crippen LogP contribution < -0.4 is 5.32 Å². The molecule has 114 valence electrons. The van der Waals surface area contributed by atoms with Gasteiger partial charge in [0.05, 0.1) is 6.04 Å². The molecular weight excluding hydrogens is 298 g/mol. The molecule has 1 aromatic carbocycles. The minimum absolute atomic E-state index is 0.301. The molecular formula is C17H23NOS2. The number of aryl methyl sites for hydroxylation is 1. The summed E-state index contributed by atoms with van der Waals surface area (Å²) in [4.78, 5) is 0. The van der Waals surface area contributed by atoms with E-state index in [0.717, 1.165) is 17.9 Å². The average Bonchev–Trinajstić information content (AvgIpc) is 2.88. The minimum Gasteiger partial charge on any atom is -0.459 e. The Morgan fingerprint density at radius 3 is 2.86 bits per heavy atom. The van der Waals surface area contributed by atoms with Crippen molar-refractivity contribution in [1.82, 2.24) is 5.32 Å². The fourth-order valence-electron chi connectivity index (χ4n) is 2.95. The Balaban J connectivity index is 1.94. The van der Waals surface area contributed by atoms with E-state index in [-0.39, 0.29) is 0 Å². The highest BCUT2D eigenvalue weighted by atomic mass is 32.2. The van der Waals surface area contributed by atoms with E-state index >= 15 is 0 Å². The molecule has 1 saturated heterocycles. The molecule has 1 fully saturated rings. The van der Waals surface area contributed by atoms with E-state index < -0.39 is 0 Å². The van der Waals surface area contributed by atoms with Crippen LogP contribution in [0.2, 0.25) is 0 Å². The first-order valence-corrected chi connectivity index (χ1v) is 9.75. The summed E-state index contributed by atoms with van der Waals surface area (Å²) < 4.78 is 6.15. The molecule has 2 nitrogen and oxygen atoms in total. The number of fused-ring (bicyclic) bond motifs is 1. The Labute approximate surface area is 135 Å². The summed E-state index contributed by atoms with van der Waals surface area (Å²) >= 11 is 4.17. The zero-order valence-electron chi connectivity index (χ0n) is 12.9. The normalized spacial score (nSPS) is 24.3. The summed E-state index contributed by atoms with van der Waals surface area (Å²) in [5.41, 5.74) is 2.28. The number of furan rings is 1. The van der Waals surface area contributed by atoms with Crippen LogP contribution in [0.4, 0.5) is 0 Å². The van der Waals surface area contributed by atoms with Gasteiger partial charge in [0.1, 0.15) is 11.3 Å². The SMILES string of the molecule is CCNC(c1cc2cc(C)ccc2o1)C1SCCSC1C. The third-order valence-electron chi connectivity index (χ3n) is 3.99.